The van der Waals surface area contributed by atoms with E-state index < -0.39 is 45.0 Å². The van der Waals surface area contributed by atoms with Crippen LogP contribution in [-0.4, -0.2) is 26.7 Å². The van der Waals surface area contributed by atoms with Crippen molar-refractivity contribution in [1.82, 2.24) is 4.72 Å². The second-order valence-corrected chi connectivity index (χ2v) is 9.55. The maximum absolute atomic E-state index is 13.4. The molecule has 0 unspecified atom stereocenters. The Balaban J connectivity index is 1.99. The minimum atomic E-state index is -4.75. The van der Waals surface area contributed by atoms with Crippen molar-refractivity contribution in [2.45, 2.75) is 56.5 Å². The predicted octanol–water partition coefficient (Wildman–Crippen LogP) is 3.08. The Morgan fingerprint density at radius 2 is 1.69 bits per heavy atom. The monoisotopic (exact) mass is 431 g/mol. The molecule has 1 aliphatic heterocycles. The van der Waals surface area contributed by atoms with Crippen LogP contribution in [0.2, 0.25) is 0 Å². The van der Waals surface area contributed by atoms with Crippen LogP contribution in [0.5, 0.6) is 0 Å². The minimum absolute atomic E-state index is 0.0307. The van der Waals surface area contributed by atoms with E-state index in [-0.39, 0.29) is 12.0 Å². The molecule has 6 nitrogen and oxygen atoms in total. The molecule has 158 valence electrons. The van der Waals surface area contributed by atoms with Crippen LogP contribution in [-0.2, 0) is 32.1 Å². The van der Waals surface area contributed by atoms with Gasteiger partial charge >= 0.3 is 13.3 Å². The van der Waals surface area contributed by atoms with Gasteiger partial charge in [-0.05, 0) is 57.4 Å². The van der Waals surface area contributed by atoms with Crippen LogP contribution in [0, 0.1) is 0 Å². The molecule has 0 saturated carbocycles. The van der Waals surface area contributed by atoms with Gasteiger partial charge in [-0.25, -0.2) is 13.1 Å². The van der Waals surface area contributed by atoms with Gasteiger partial charge in [-0.2, -0.15) is 13.2 Å². The molecule has 1 aromatic heterocycles. The molecule has 0 bridgehead atoms. The number of nitrogens with one attached hydrogen (secondary N) is 1. The van der Waals surface area contributed by atoms with E-state index >= 15 is 0 Å². The summed E-state index contributed by atoms with van der Waals surface area (Å²) in [7, 11) is -5.39. The van der Waals surface area contributed by atoms with Gasteiger partial charge in [-0.1, -0.05) is 6.07 Å². The second kappa shape index (κ2) is 7.15. The fourth-order valence-electron chi connectivity index (χ4n) is 2.72. The van der Waals surface area contributed by atoms with Gasteiger partial charge in [0.1, 0.15) is 5.76 Å². The van der Waals surface area contributed by atoms with Crippen LogP contribution in [0.1, 0.15) is 39.0 Å². The van der Waals surface area contributed by atoms with Crippen molar-refractivity contribution in [3.63, 3.8) is 0 Å². The number of furan rings is 1. The van der Waals surface area contributed by atoms with Gasteiger partial charge < -0.3 is 13.7 Å². The Kier molecular flexibility index (Phi) is 5.40. The molecule has 1 saturated heterocycles. The standard InChI is InChI=1S/C18H21BF3NO5S/c1-16(2)17(3,4)28-19(27-16)13-8-12(18(20,21)22)9-15(10-13)29(24,25)23-11-14-6-5-7-26-14/h5-10,23H,11H2,1-4H3. The predicted molar refractivity (Wildman–Crippen MR) is 99.9 cm³/mol. The van der Waals surface area contributed by atoms with Crippen molar-refractivity contribution in [2.75, 3.05) is 0 Å². The molecule has 2 heterocycles. The summed E-state index contributed by atoms with van der Waals surface area (Å²) in [6.45, 7) is 6.82. The van der Waals surface area contributed by atoms with Crippen LogP contribution in [0.25, 0.3) is 0 Å². The van der Waals surface area contributed by atoms with Crippen LogP contribution in [0.15, 0.2) is 45.9 Å². The highest BCUT2D eigenvalue weighted by Crippen LogP contribution is 2.37. The summed E-state index contributed by atoms with van der Waals surface area (Å²) in [5.41, 5.74) is -2.72. The number of alkyl halides is 3. The molecule has 1 N–H and O–H groups in total. The lowest BCUT2D eigenvalue weighted by molar-refractivity contribution is -0.137. The van der Waals surface area contributed by atoms with E-state index in [9.17, 15) is 21.6 Å². The Morgan fingerprint density at radius 1 is 1.07 bits per heavy atom. The molecule has 1 aliphatic rings. The Bertz CT molecular complexity index is 971. The lowest BCUT2D eigenvalue weighted by Gasteiger charge is -2.32. The third-order valence-electron chi connectivity index (χ3n) is 5.11. The van der Waals surface area contributed by atoms with Gasteiger partial charge in [0.05, 0.1) is 34.5 Å². The summed E-state index contributed by atoms with van der Waals surface area (Å²) in [6, 6.07) is 5.67. The molecule has 0 atom stereocenters. The van der Waals surface area contributed by atoms with Gasteiger partial charge in [-0.15, -0.1) is 0 Å². The first kappa shape index (κ1) is 21.9. The van der Waals surface area contributed by atoms with E-state index in [1.807, 2.05) is 0 Å². The first-order chi connectivity index (χ1) is 13.2. The number of halogens is 3. The molecule has 29 heavy (non-hydrogen) atoms. The zero-order valence-corrected chi connectivity index (χ0v) is 17.1. The summed E-state index contributed by atoms with van der Waals surface area (Å²) < 4.78 is 84.4. The van der Waals surface area contributed by atoms with Crippen molar-refractivity contribution in [2.24, 2.45) is 0 Å². The number of sulfonamides is 1. The maximum atomic E-state index is 13.4. The third kappa shape index (κ3) is 4.52. The molecule has 1 fully saturated rings. The SMILES string of the molecule is CC1(C)OB(c2cc(C(F)(F)F)cc(S(=O)(=O)NCc3ccco3)c2)OC1(C)C. The Morgan fingerprint density at radius 3 is 2.21 bits per heavy atom. The first-order valence-corrected chi connectivity index (χ1v) is 10.3. The van der Waals surface area contributed by atoms with E-state index in [1.54, 1.807) is 39.8 Å². The topological polar surface area (TPSA) is 77.8 Å². The van der Waals surface area contributed by atoms with Crippen LogP contribution in [0.3, 0.4) is 0 Å². The average molecular weight is 431 g/mol. The van der Waals surface area contributed by atoms with Gasteiger partial charge in [0.15, 0.2) is 0 Å². The van der Waals surface area contributed by atoms with Crippen molar-refractivity contribution < 1.29 is 35.3 Å². The zero-order valence-electron chi connectivity index (χ0n) is 16.3. The number of benzene rings is 1. The van der Waals surface area contributed by atoms with E-state index in [1.165, 1.54) is 6.26 Å². The number of rotatable bonds is 5. The summed E-state index contributed by atoms with van der Waals surface area (Å²) in [6.07, 6.45) is -3.38. The summed E-state index contributed by atoms with van der Waals surface area (Å²) in [5.74, 6) is 0.326. The Hall–Kier alpha value is -1.82. The van der Waals surface area contributed by atoms with Crippen LogP contribution in [0.4, 0.5) is 13.2 Å². The van der Waals surface area contributed by atoms with Crippen molar-refractivity contribution in [3.8, 4) is 0 Å². The minimum Gasteiger partial charge on any atom is -0.468 e. The molecule has 11 heteroatoms. The molecule has 0 spiro atoms. The zero-order chi connectivity index (χ0) is 21.7. The molecule has 0 aliphatic carbocycles. The van der Waals surface area contributed by atoms with Crippen molar-refractivity contribution in [3.05, 3.63) is 47.9 Å². The molecule has 1 aromatic carbocycles. The normalized spacial score (nSPS) is 18.9. The quantitative estimate of drug-likeness (QED) is 0.737. The van der Waals surface area contributed by atoms with Crippen molar-refractivity contribution >= 4 is 22.6 Å². The van der Waals surface area contributed by atoms with Gasteiger partial charge in [0, 0.05) is 0 Å². The largest absolute Gasteiger partial charge is 0.494 e. The molecule has 3 rings (SSSR count). The molecular formula is C18H21BF3NO5S. The number of hydrogen-bond donors (Lipinski definition) is 1. The first-order valence-electron chi connectivity index (χ1n) is 8.81. The lowest BCUT2D eigenvalue weighted by atomic mass is 9.78. The van der Waals surface area contributed by atoms with Crippen LogP contribution < -0.4 is 10.2 Å². The average Bonchev–Trinajstić information content (AvgIpc) is 3.18. The maximum Gasteiger partial charge on any atom is 0.494 e. The fourth-order valence-corrected chi connectivity index (χ4v) is 3.79. The third-order valence-corrected chi connectivity index (χ3v) is 6.49. The molecule has 0 amide bonds. The second-order valence-electron chi connectivity index (χ2n) is 7.78. The highest BCUT2D eigenvalue weighted by atomic mass is 32.2. The summed E-state index contributed by atoms with van der Waals surface area (Å²) in [4.78, 5) is -0.538. The summed E-state index contributed by atoms with van der Waals surface area (Å²) in [5, 5.41) is 0. The molecular weight excluding hydrogens is 410 g/mol. The van der Waals surface area contributed by atoms with E-state index in [4.69, 9.17) is 13.7 Å². The lowest BCUT2D eigenvalue weighted by Crippen LogP contribution is -2.41. The summed E-state index contributed by atoms with van der Waals surface area (Å²) >= 11 is 0. The molecule has 2 aromatic rings. The molecule has 0 radical (unpaired) electrons. The van der Waals surface area contributed by atoms with Gasteiger partial charge in [0.2, 0.25) is 10.0 Å². The van der Waals surface area contributed by atoms with Crippen molar-refractivity contribution in [1.29, 1.82) is 0 Å². The van der Waals surface area contributed by atoms with Gasteiger partial charge in [0.25, 0.3) is 0 Å². The van der Waals surface area contributed by atoms with Crippen LogP contribution >= 0.6 is 0 Å². The Labute approximate surface area is 167 Å². The number of hydrogen-bond acceptors (Lipinski definition) is 5. The van der Waals surface area contributed by atoms with Gasteiger partial charge in [-0.3, -0.25) is 0 Å². The van der Waals surface area contributed by atoms with E-state index in [0.29, 0.717) is 11.8 Å². The fraction of sp³-hybridized carbons (Fsp3) is 0.444. The highest BCUT2D eigenvalue weighted by Gasteiger charge is 2.52. The smallest absolute Gasteiger partial charge is 0.468 e. The van der Waals surface area contributed by atoms with E-state index in [0.717, 1.165) is 12.1 Å². The van der Waals surface area contributed by atoms with E-state index in [2.05, 4.69) is 4.72 Å². The highest BCUT2D eigenvalue weighted by molar-refractivity contribution is 7.89.